The number of pyridine rings is 1. The van der Waals surface area contributed by atoms with Gasteiger partial charge in [0.2, 0.25) is 0 Å². The summed E-state index contributed by atoms with van der Waals surface area (Å²) in [6, 6.07) is 11.6. The van der Waals surface area contributed by atoms with Gasteiger partial charge in [-0.05, 0) is 24.6 Å². The number of carbonyl (C=O) groups is 1. The van der Waals surface area contributed by atoms with Crippen molar-refractivity contribution in [1.82, 2.24) is 30.3 Å². The first-order chi connectivity index (χ1) is 16.4. The number of fused-ring (bicyclic) bond motifs is 3. The predicted molar refractivity (Wildman–Crippen MR) is 132 cm³/mol. The smallest absolute Gasteiger partial charge is 0.273 e. The van der Waals surface area contributed by atoms with Crippen molar-refractivity contribution in [3.05, 3.63) is 65.6 Å². The highest BCUT2D eigenvalue weighted by atomic mass is 16.1. The van der Waals surface area contributed by atoms with Crippen LogP contribution in [-0.2, 0) is 13.6 Å². The monoisotopic (exact) mass is 455 g/mol. The van der Waals surface area contributed by atoms with Crippen molar-refractivity contribution in [1.29, 1.82) is 0 Å². The van der Waals surface area contributed by atoms with Crippen LogP contribution in [0.5, 0.6) is 0 Å². The minimum Gasteiger partial charge on any atom is -0.368 e. The van der Waals surface area contributed by atoms with E-state index in [-0.39, 0.29) is 11.6 Å². The van der Waals surface area contributed by atoms with Gasteiger partial charge in [-0.15, -0.1) is 10.2 Å². The molecule has 0 atom stereocenters. The molecule has 10 heteroatoms. The fourth-order valence-electron chi connectivity index (χ4n) is 4.11. The lowest BCUT2D eigenvalue weighted by atomic mass is 9.99. The minimum atomic E-state index is -0.333. The number of benzene rings is 1. The molecule has 1 aliphatic rings. The molecule has 0 saturated carbocycles. The third kappa shape index (κ3) is 3.90. The van der Waals surface area contributed by atoms with E-state index < -0.39 is 0 Å². The van der Waals surface area contributed by atoms with Crippen LogP contribution in [-0.4, -0.2) is 45.0 Å². The number of aryl methyl sites for hydroxylation is 2. The van der Waals surface area contributed by atoms with Gasteiger partial charge in [-0.2, -0.15) is 5.10 Å². The number of nitrogens with zero attached hydrogens (tertiary/aromatic N) is 6. The molecular formula is C24H25N9O. The Labute approximate surface area is 197 Å². The molecule has 1 amide bonds. The zero-order chi connectivity index (χ0) is 23.8. The molecule has 172 valence electrons. The molecule has 0 fully saturated rings. The van der Waals surface area contributed by atoms with Crippen LogP contribution in [0.3, 0.4) is 0 Å². The molecule has 0 bridgehead atoms. The summed E-state index contributed by atoms with van der Waals surface area (Å²) >= 11 is 0. The van der Waals surface area contributed by atoms with E-state index in [1.807, 2.05) is 56.2 Å². The van der Waals surface area contributed by atoms with E-state index >= 15 is 0 Å². The lowest BCUT2D eigenvalue weighted by Crippen LogP contribution is -2.23. The van der Waals surface area contributed by atoms with Crippen molar-refractivity contribution in [3.63, 3.8) is 0 Å². The minimum absolute atomic E-state index is 0.194. The van der Waals surface area contributed by atoms with E-state index in [4.69, 9.17) is 0 Å². The third-order valence-electron chi connectivity index (χ3n) is 5.66. The second-order valence-electron chi connectivity index (χ2n) is 8.28. The quantitative estimate of drug-likeness (QED) is 0.420. The van der Waals surface area contributed by atoms with E-state index in [1.165, 1.54) is 5.56 Å². The summed E-state index contributed by atoms with van der Waals surface area (Å²) in [5.41, 5.74) is 6.78. The Morgan fingerprint density at radius 2 is 1.88 bits per heavy atom. The number of nitrogens with one attached hydrogen (secondary N) is 3. The van der Waals surface area contributed by atoms with Crippen LogP contribution in [0.15, 0.2) is 48.8 Å². The molecule has 0 saturated heterocycles. The number of rotatable bonds is 5. The Balaban J connectivity index is 1.55. The van der Waals surface area contributed by atoms with Crippen LogP contribution in [0.4, 0.5) is 28.7 Å². The average Bonchev–Trinajstić information content (AvgIpc) is 3.20. The molecule has 0 radical (unpaired) electrons. The normalized spacial score (nSPS) is 12.1. The average molecular weight is 456 g/mol. The first-order valence-electron chi connectivity index (χ1n) is 10.9. The summed E-state index contributed by atoms with van der Waals surface area (Å²) in [6.07, 6.45) is 3.81. The largest absolute Gasteiger partial charge is 0.368 e. The third-order valence-corrected chi connectivity index (χ3v) is 5.66. The summed E-state index contributed by atoms with van der Waals surface area (Å²) < 4.78 is 1.83. The molecule has 34 heavy (non-hydrogen) atoms. The van der Waals surface area contributed by atoms with Crippen molar-refractivity contribution in [2.24, 2.45) is 7.05 Å². The number of amides is 1. The topological polar surface area (TPSA) is 113 Å². The maximum absolute atomic E-state index is 12.5. The Morgan fingerprint density at radius 3 is 2.65 bits per heavy atom. The van der Waals surface area contributed by atoms with Gasteiger partial charge in [0.05, 0.1) is 22.8 Å². The Bertz CT molecular complexity index is 1380. The maximum atomic E-state index is 12.5. The maximum Gasteiger partial charge on any atom is 0.273 e. The molecule has 3 aromatic heterocycles. The zero-order valence-electron chi connectivity index (χ0n) is 19.4. The number of carbonyl (C=O) groups excluding carboxylic acids is 1. The van der Waals surface area contributed by atoms with Crippen molar-refractivity contribution in [2.75, 3.05) is 29.6 Å². The summed E-state index contributed by atoms with van der Waals surface area (Å²) in [5.74, 6) is 0.773. The van der Waals surface area contributed by atoms with Crippen molar-refractivity contribution in [3.8, 4) is 11.3 Å². The molecule has 0 unspecified atom stereocenters. The van der Waals surface area contributed by atoms with Gasteiger partial charge >= 0.3 is 0 Å². The lowest BCUT2D eigenvalue weighted by molar-refractivity contribution is 0.0958. The van der Waals surface area contributed by atoms with Crippen LogP contribution < -0.4 is 20.9 Å². The molecule has 5 rings (SSSR count). The Kier molecular flexibility index (Phi) is 5.33. The SMILES string of the molecule is CNC(=O)c1nnc(Nc2ccc(C)cn2)cc1Nc1cccc2c1N(C)Cc1cn(C)nc1-2. The molecule has 3 N–H and O–H groups in total. The number of para-hydroxylation sites is 1. The second kappa shape index (κ2) is 8.47. The van der Waals surface area contributed by atoms with Gasteiger partial charge in [-0.1, -0.05) is 18.2 Å². The summed E-state index contributed by atoms with van der Waals surface area (Å²) in [5, 5.41) is 22.2. The van der Waals surface area contributed by atoms with E-state index in [2.05, 4.69) is 47.2 Å². The standard InChI is InChI=1S/C24H25N9O/c1-14-8-9-19(26-11-14)28-20-10-18(22(30-29-20)24(34)25-2)27-17-7-5-6-16-21-15(13-33(4)31-21)12-32(3)23(16)17/h5-11,13H,12H2,1-4H3,(H,25,34)(H2,26,27,28,29). The number of hydrogen-bond donors (Lipinski definition) is 3. The molecule has 4 aromatic rings. The molecule has 10 nitrogen and oxygen atoms in total. The van der Waals surface area contributed by atoms with Gasteiger partial charge < -0.3 is 20.9 Å². The number of aromatic nitrogens is 5. The van der Waals surface area contributed by atoms with Crippen LogP contribution in [0.1, 0.15) is 21.6 Å². The van der Waals surface area contributed by atoms with E-state index in [0.717, 1.165) is 34.7 Å². The Morgan fingerprint density at radius 1 is 1.03 bits per heavy atom. The van der Waals surface area contributed by atoms with Crippen LogP contribution in [0, 0.1) is 6.92 Å². The van der Waals surface area contributed by atoms with E-state index in [0.29, 0.717) is 17.3 Å². The van der Waals surface area contributed by atoms with Gasteiger partial charge in [-0.3, -0.25) is 9.48 Å². The summed E-state index contributed by atoms with van der Waals surface area (Å²) in [6.45, 7) is 2.71. The molecule has 0 aliphatic carbocycles. The van der Waals surface area contributed by atoms with E-state index in [1.54, 1.807) is 19.3 Å². The second-order valence-corrected chi connectivity index (χ2v) is 8.28. The molecular weight excluding hydrogens is 430 g/mol. The van der Waals surface area contributed by atoms with Gasteiger partial charge in [0.25, 0.3) is 5.91 Å². The van der Waals surface area contributed by atoms with Gasteiger partial charge in [0.1, 0.15) is 5.82 Å². The number of anilines is 5. The van der Waals surface area contributed by atoms with Crippen LogP contribution >= 0.6 is 0 Å². The predicted octanol–water partition coefficient (Wildman–Crippen LogP) is 3.38. The fraction of sp³-hybridized carbons (Fsp3) is 0.208. The fourth-order valence-corrected chi connectivity index (χ4v) is 4.11. The first-order valence-corrected chi connectivity index (χ1v) is 10.9. The molecule has 0 spiro atoms. The molecule has 1 aliphatic heterocycles. The van der Waals surface area contributed by atoms with Gasteiger partial charge in [0, 0.05) is 57.3 Å². The van der Waals surface area contributed by atoms with Crippen molar-refractivity contribution in [2.45, 2.75) is 13.5 Å². The Hall–Kier alpha value is -4.47. The van der Waals surface area contributed by atoms with Crippen LogP contribution in [0.2, 0.25) is 0 Å². The number of hydrogen-bond acceptors (Lipinski definition) is 8. The van der Waals surface area contributed by atoms with E-state index in [9.17, 15) is 4.79 Å². The highest BCUT2D eigenvalue weighted by molar-refractivity contribution is 6.00. The highest BCUT2D eigenvalue weighted by Gasteiger charge is 2.26. The van der Waals surface area contributed by atoms with Crippen LogP contribution in [0.25, 0.3) is 11.3 Å². The zero-order valence-corrected chi connectivity index (χ0v) is 19.4. The first kappa shape index (κ1) is 21.4. The van der Waals surface area contributed by atoms with Gasteiger partial charge in [-0.25, -0.2) is 4.98 Å². The molecule has 1 aromatic carbocycles. The lowest BCUT2D eigenvalue weighted by Gasteiger charge is -2.29. The summed E-state index contributed by atoms with van der Waals surface area (Å²) in [7, 11) is 5.53. The summed E-state index contributed by atoms with van der Waals surface area (Å²) in [4.78, 5) is 19.1. The van der Waals surface area contributed by atoms with Gasteiger partial charge in [0.15, 0.2) is 11.5 Å². The highest BCUT2D eigenvalue weighted by Crippen LogP contribution is 2.43. The van der Waals surface area contributed by atoms with Crippen molar-refractivity contribution >= 4 is 34.6 Å². The van der Waals surface area contributed by atoms with Crippen molar-refractivity contribution < 1.29 is 4.79 Å². The molecule has 4 heterocycles.